The van der Waals surface area contributed by atoms with Crippen LogP contribution in [-0.4, -0.2) is 46.5 Å². The van der Waals surface area contributed by atoms with Crippen LogP contribution in [0.5, 0.6) is 0 Å². The van der Waals surface area contributed by atoms with Crippen molar-refractivity contribution in [3.63, 3.8) is 0 Å². The van der Waals surface area contributed by atoms with Gasteiger partial charge in [-0.05, 0) is 23.7 Å². The Bertz CT molecular complexity index is 759. The summed E-state index contributed by atoms with van der Waals surface area (Å²) in [5.41, 5.74) is 0. The Balaban J connectivity index is 1.53. The van der Waals surface area contributed by atoms with Crippen LogP contribution in [0.2, 0.25) is 0 Å². The molecule has 0 radical (unpaired) electrons. The lowest BCUT2D eigenvalue weighted by molar-refractivity contribution is -0.166. The average Bonchev–Trinajstić information content (AvgIpc) is 2.97. The zero-order valence-electron chi connectivity index (χ0n) is 14.3. The molecular weight excluding hydrogens is 332 g/mol. The smallest absolute Gasteiger partial charge is 0.234 e. The van der Waals surface area contributed by atoms with Crippen molar-refractivity contribution in [3.8, 4) is 0 Å². The van der Waals surface area contributed by atoms with Gasteiger partial charge in [-0.25, -0.2) is 0 Å². The van der Waals surface area contributed by atoms with E-state index in [9.17, 15) is 19.2 Å². The normalized spacial score (nSPS) is 44.8. The van der Waals surface area contributed by atoms with E-state index in [1.807, 2.05) is 12.2 Å². The summed E-state index contributed by atoms with van der Waals surface area (Å²) in [6.45, 7) is 7.71. The highest BCUT2D eigenvalue weighted by Crippen LogP contribution is 2.68. The van der Waals surface area contributed by atoms with Gasteiger partial charge in [-0.1, -0.05) is 24.3 Å². The molecule has 6 nitrogen and oxygen atoms in total. The Hall–Kier alpha value is -2.50. The molecule has 8 atom stereocenters. The lowest BCUT2D eigenvalue weighted by Crippen LogP contribution is -2.63. The van der Waals surface area contributed by atoms with Gasteiger partial charge in [-0.15, -0.1) is 13.2 Å². The summed E-state index contributed by atoms with van der Waals surface area (Å²) in [6.07, 6.45) is 7.15. The van der Waals surface area contributed by atoms with Crippen LogP contribution in [0.15, 0.2) is 37.5 Å². The molecule has 2 saturated carbocycles. The molecule has 4 aliphatic carbocycles. The maximum Gasteiger partial charge on any atom is 0.234 e. The number of hydrogen-bond acceptors (Lipinski definition) is 4. The fourth-order valence-electron chi connectivity index (χ4n) is 6.34. The first kappa shape index (κ1) is 15.7. The molecule has 2 bridgehead atoms. The highest BCUT2D eigenvalue weighted by molar-refractivity contribution is 6.09. The Morgan fingerprint density at radius 1 is 0.692 bits per heavy atom. The topological polar surface area (TPSA) is 74.8 Å². The van der Waals surface area contributed by atoms with Crippen LogP contribution in [0.1, 0.15) is 0 Å². The third kappa shape index (κ3) is 1.54. The average molecular weight is 352 g/mol. The summed E-state index contributed by atoms with van der Waals surface area (Å²) in [7, 11) is 0. The molecule has 0 aromatic carbocycles. The van der Waals surface area contributed by atoms with Gasteiger partial charge in [-0.3, -0.25) is 29.0 Å². The Morgan fingerprint density at radius 3 is 1.38 bits per heavy atom. The Morgan fingerprint density at radius 2 is 1.04 bits per heavy atom. The lowest BCUT2D eigenvalue weighted by atomic mass is 9.40. The molecule has 0 spiro atoms. The van der Waals surface area contributed by atoms with Crippen molar-refractivity contribution in [3.05, 3.63) is 37.5 Å². The van der Waals surface area contributed by atoms with Crippen LogP contribution in [0.4, 0.5) is 0 Å². The van der Waals surface area contributed by atoms with Gasteiger partial charge in [0.1, 0.15) is 0 Å². The van der Waals surface area contributed by atoms with Crippen LogP contribution in [0.3, 0.4) is 0 Å². The van der Waals surface area contributed by atoms with Gasteiger partial charge >= 0.3 is 0 Å². The van der Waals surface area contributed by atoms with E-state index in [2.05, 4.69) is 13.2 Å². The highest BCUT2D eigenvalue weighted by Gasteiger charge is 2.74. The molecule has 2 aliphatic heterocycles. The summed E-state index contributed by atoms with van der Waals surface area (Å²) in [4.78, 5) is 53.8. The standard InChI is InChI=1S/C20H20N2O4/c1-3-7-21-17(23)13-9-5-6-10(14(13)18(21)24)12-11(9)15-16(12)20(26)22(8-4-2)19(15)25/h3-6,9-16H,1-2,7-8H2/t9-,10+,11-,12-,13+,14+,15-,16-/m1/s1. The van der Waals surface area contributed by atoms with Gasteiger partial charge < -0.3 is 0 Å². The van der Waals surface area contributed by atoms with Gasteiger partial charge in [0.25, 0.3) is 0 Å². The molecule has 26 heavy (non-hydrogen) atoms. The van der Waals surface area contributed by atoms with Crippen LogP contribution in [0.25, 0.3) is 0 Å². The molecule has 0 unspecified atom stereocenters. The van der Waals surface area contributed by atoms with Gasteiger partial charge in [-0.2, -0.15) is 0 Å². The number of carbonyl (C=O) groups is 4. The second-order valence-corrected chi connectivity index (χ2v) is 7.95. The van der Waals surface area contributed by atoms with E-state index in [1.165, 1.54) is 9.80 Å². The predicted octanol–water partition coefficient (Wildman–Crippen LogP) is 0.623. The van der Waals surface area contributed by atoms with E-state index in [0.717, 1.165) is 0 Å². The number of allylic oxidation sites excluding steroid dienone is 2. The summed E-state index contributed by atoms with van der Waals surface area (Å²) in [5.74, 6) is -2.35. The van der Waals surface area contributed by atoms with Crippen LogP contribution >= 0.6 is 0 Å². The number of nitrogens with zero attached hydrogens (tertiary/aromatic N) is 2. The number of amides is 4. The third-order valence-electron chi connectivity index (χ3n) is 7.15. The number of carbonyl (C=O) groups excluding carboxylic acids is 4. The molecule has 6 rings (SSSR count). The van der Waals surface area contributed by atoms with Crippen molar-refractivity contribution in [2.24, 2.45) is 47.3 Å². The largest absolute Gasteiger partial charge is 0.278 e. The lowest BCUT2D eigenvalue weighted by Gasteiger charge is -2.60. The first-order valence-electron chi connectivity index (χ1n) is 9.13. The SMILES string of the molecule is C=CCN1C(=O)[C@H]2[C@H]3C=C[C@@H]([C@@H]2C1=O)[C@H]1[C@H]2C(=O)N(CC=C)C(=O)[C@@H]2[C@H]31. The third-order valence-corrected chi connectivity index (χ3v) is 7.15. The first-order valence-corrected chi connectivity index (χ1v) is 9.13. The molecule has 0 aromatic rings. The molecule has 134 valence electrons. The number of imide groups is 2. The molecule has 6 aliphatic rings. The molecule has 4 amide bonds. The van der Waals surface area contributed by atoms with Crippen LogP contribution < -0.4 is 0 Å². The van der Waals surface area contributed by atoms with Gasteiger partial charge in [0.2, 0.25) is 23.6 Å². The molecule has 4 fully saturated rings. The van der Waals surface area contributed by atoms with Gasteiger partial charge in [0.05, 0.1) is 23.7 Å². The fraction of sp³-hybridized carbons (Fsp3) is 0.500. The molecule has 0 aromatic heterocycles. The van der Waals surface area contributed by atoms with Crippen molar-refractivity contribution < 1.29 is 19.2 Å². The zero-order valence-corrected chi connectivity index (χ0v) is 14.3. The van der Waals surface area contributed by atoms with E-state index in [4.69, 9.17) is 0 Å². The maximum atomic E-state index is 12.9. The summed E-state index contributed by atoms with van der Waals surface area (Å²) < 4.78 is 0. The highest BCUT2D eigenvalue weighted by atomic mass is 16.2. The minimum absolute atomic E-state index is 0.0112. The van der Waals surface area contributed by atoms with Gasteiger partial charge in [0.15, 0.2) is 0 Å². The zero-order chi connectivity index (χ0) is 18.3. The number of rotatable bonds is 4. The predicted molar refractivity (Wildman–Crippen MR) is 90.9 cm³/mol. The molecule has 2 heterocycles. The monoisotopic (exact) mass is 352 g/mol. The minimum Gasteiger partial charge on any atom is -0.278 e. The number of likely N-dealkylation sites (tertiary alicyclic amines) is 2. The molecular formula is C20H20N2O4. The molecule has 6 heteroatoms. The van der Waals surface area contributed by atoms with Crippen molar-refractivity contribution in [2.75, 3.05) is 13.1 Å². The van der Waals surface area contributed by atoms with Crippen molar-refractivity contribution in [1.82, 2.24) is 9.80 Å². The minimum atomic E-state index is -0.393. The second-order valence-electron chi connectivity index (χ2n) is 7.95. The summed E-state index contributed by atoms with van der Waals surface area (Å²) in [6, 6.07) is 0. The van der Waals surface area contributed by atoms with E-state index >= 15 is 0 Å². The Labute approximate surface area is 151 Å². The van der Waals surface area contributed by atoms with E-state index in [0.29, 0.717) is 0 Å². The number of hydrogen-bond donors (Lipinski definition) is 0. The van der Waals surface area contributed by atoms with Crippen molar-refractivity contribution in [1.29, 1.82) is 0 Å². The van der Waals surface area contributed by atoms with Crippen LogP contribution in [-0.2, 0) is 19.2 Å². The Kier molecular flexibility index (Phi) is 3.04. The first-order chi connectivity index (χ1) is 12.5. The van der Waals surface area contributed by atoms with Gasteiger partial charge in [0, 0.05) is 13.1 Å². The maximum absolute atomic E-state index is 12.9. The van der Waals surface area contributed by atoms with E-state index in [-0.39, 0.29) is 72.2 Å². The summed E-state index contributed by atoms with van der Waals surface area (Å²) >= 11 is 0. The molecule has 0 N–H and O–H groups in total. The fourth-order valence-corrected chi connectivity index (χ4v) is 6.34. The van der Waals surface area contributed by atoms with Crippen LogP contribution in [0, 0.1) is 47.3 Å². The quantitative estimate of drug-likeness (QED) is 0.549. The van der Waals surface area contributed by atoms with Crippen molar-refractivity contribution >= 4 is 23.6 Å². The van der Waals surface area contributed by atoms with Crippen molar-refractivity contribution in [2.45, 2.75) is 0 Å². The molecule has 2 saturated heterocycles. The second kappa shape index (κ2) is 5.02. The summed E-state index contributed by atoms with van der Waals surface area (Å²) in [5, 5.41) is 0. The van der Waals surface area contributed by atoms with E-state index < -0.39 is 11.8 Å². The number of fused-ring (bicyclic) bond motifs is 1. The van der Waals surface area contributed by atoms with E-state index in [1.54, 1.807) is 12.2 Å².